The maximum absolute atomic E-state index is 13.4. The predicted octanol–water partition coefficient (Wildman–Crippen LogP) is 4.05. The Kier molecular flexibility index (Phi) is 8.79. The standard InChI is InChI=1S/C28H25FN4O7/c1-39-28(38)30-21-4-2-3-17(13-21)16-40-22-8-5-18(6-9-22)25(34)14-19(27(36)37)11-12-33-26(35)23-10-7-20(29)15-24(23)31-32-33/h2-10,13,15,19H,11-12,14,16H2,1H3,(H,30,38)(H,36,37). The number of carbonyl (C=O) groups excluding carboxylic acids is 2. The maximum atomic E-state index is 13.4. The Morgan fingerprint density at radius 3 is 2.58 bits per heavy atom. The number of fused-ring (bicyclic) bond motifs is 1. The van der Waals surface area contributed by atoms with Gasteiger partial charge in [-0.3, -0.25) is 19.7 Å². The Bertz CT molecular complexity index is 1600. The van der Waals surface area contributed by atoms with Crippen molar-refractivity contribution >= 4 is 34.4 Å². The Morgan fingerprint density at radius 1 is 1.07 bits per heavy atom. The lowest BCUT2D eigenvalue weighted by molar-refractivity contribution is -0.142. The number of carboxylic acids is 1. The van der Waals surface area contributed by atoms with E-state index in [1.165, 1.54) is 13.2 Å². The van der Waals surface area contributed by atoms with Crippen LogP contribution in [0, 0.1) is 11.7 Å². The van der Waals surface area contributed by atoms with Crippen LogP contribution in [0.25, 0.3) is 10.9 Å². The first-order valence-electron chi connectivity index (χ1n) is 12.2. The highest BCUT2D eigenvalue weighted by Gasteiger charge is 2.23. The third-order valence-corrected chi connectivity index (χ3v) is 6.10. The third kappa shape index (κ3) is 7.04. The number of halogens is 1. The molecule has 12 heteroatoms. The van der Waals surface area contributed by atoms with E-state index < -0.39 is 29.4 Å². The molecule has 0 aliphatic rings. The molecule has 0 radical (unpaired) electrons. The summed E-state index contributed by atoms with van der Waals surface area (Å²) < 4.78 is 24.7. The van der Waals surface area contributed by atoms with Crippen LogP contribution in [0.3, 0.4) is 0 Å². The molecule has 206 valence electrons. The van der Waals surface area contributed by atoms with E-state index in [1.54, 1.807) is 42.5 Å². The minimum atomic E-state index is -1.18. The van der Waals surface area contributed by atoms with Crippen LogP contribution in [-0.4, -0.2) is 45.1 Å². The van der Waals surface area contributed by atoms with Crippen LogP contribution < -0.4 is 15.6 Å². The Morgan fingerprint density at radius 2 is 1.85 bits per heavy atom. The highest BCUT2D eigenvalue weighted by Crippen LogP contribution is 2.20. The van der Waals surface area contributed by atoms with E-state index in [-0.39, 0.29) is 42.7 Å². The Balaban J connectivity index is 1.34. The molecule has 0 spiro atoms. The number of hydrogen-bond acceptors (Lipinski definition) is 8. The van der Waals surface area contributed by atoms with Crippen molar-refractivity contribution in [3.05, 3.63) is 94.0 Å². The quantitative estimate of drug-likeness (QED) is 0.265. The number of nitrogens with one attached hydrogen (secondary N) is 1. The number of methoxy groups -OCH3 is 1. The van der Waals surface area contributed by atoms with Gasteiger partial charge in [-0.25, -0.2) is 13.9 Å². The number of carbonyl (C=O) groups is 3. The number of nitrogens with zero attached hydrogens (tertiary/aromatic N) is 3. The summed E-state index contributed by atoms with van der Waals surface area (Å²) in [7, 11) is 1.27. The Hall–Kier alpha value is -5.13. The van der Waals surface area contributed by atoms with E-state index in [0.29, 0.717) is 17.0 Å². The molecule has 1 atom stereocenters. The summed E-state index contributed by atoms with van der Waals surface area (Å²) in [6.07, 6.45) is -0.901. The number of benzene rings is 3. The molecule has 1 heterocycles. The van der Waals surface area contributed by atoms with Gasteiger partial charge in [0, 0.05) is 30.3 Å². The van der Waals surface area contributed by atoms with Crippen LogP contribution in [0.5, 0.6) is 5.75 Å². The van der Waals surface area contributed by atoms with E-state index in [4.69, 9.17) is 4.74 Å². The summed E-state index contributed by atoms with van der Waals surface area (Å²) in [4.78, 5) is 48.6. The molecule has 0 saturated heterocycles. The normalized spacial score (nSPS) is 11.6. The topological polar surface area (TPSA) is 150 Å². The number of aromatic nitrogens is 3. The molecule has 0 aliphatic carbocycles. The van der Waals surface area contributed by atoms with Crippen molar-refractivity contribution in [1.82, 2.24) is 15.0 Å². The number of ether oxygens (including phenoxy) is 2. The zero-order chi connectivity index (χ0) is 28.6. The monoisotopic (exact) mass is 548 g/mol. The number of Topliss-reactive ketones (excluding diaryl/α,β-unsaturated/α-hetero) is 1. The first kappa shape index (κ1) is 27.9. The van der Waals surface area contributed by atoms with Gasteiger partial charge in [0.15, 0.2) is 5.78 Å². The summed E-state index contributed by atoms with van der Waals surface area (Å²) in [5.74, 6) is -2.68. The van der Waals surface area contributed by atoms with Gasteiger partial charge in [-0.2, -0.15) is 0 Å². The van der Waals surface area contributed by atoms with Crippen LogP contribution in [0.15, 0.2) is 71.5 Å². The van der Waals surface area contributed by atoms with E-state index >= 15 is 0 Å². The van der Waals surface area contributed by atoms with Crippen LogP contribution in [0.4, 0.5) is 14.9 Å². The summed E-state index contributed by atoms with van der Waals surface area (Å²) in [5.41, 5.74) is 1.23. The second-order valence-electron chi connectivity index (χ2n) is 8.86. The largest absolute Gasteiger partial charge is 0.489 e. The molecule has 40 heavy (non-hydrogen) atoms. The van der Waals surface area contributed by atoms with Gasteiger partial charge in [-0.05, 0) is 60.5 Å². The lowest BCUT2D eigenvalue weighted by atomic mass is 9.95. The molecule has 1 amide bonds. The number of ketones is 1. The number of aryl methyl sites for hydroxylation is 1. The molecule has 0 saturated carbocycles. The summed E-state index contributed by atoms with van der Waals surface area (Å²) in [6.45, 7) is 0.129. The van der Waals surface area contributed by atoms with Crippen molar-refractivity contribution in [1.29, 1.82) is 0 Å². The second-order valence-corrected chi connectivity index (χ2v) is 8.86. The maximum Gasteiger partial charge on any atom is 0.411 e. The van der Waals surface area contributed by atoms with Crippen molar-refractivity contribution in [2.75, 3.05) is 12.4 Å². The molecular weight excluding hydrogens is 523 g/mol. The Labute approximate surface area is 227 Å². The van der Waals surface area contributed by atoms with Crippen molar-refractivity contribution < 1.29 is 33.4 Å². The molecule has 1 aromatic heterocycles. The highest BCUT2D eigenvalue weighted by atomic mass is 19.1. The fraction of sp³-hybridized carbons (Fsp3) is 0.214. The molecule has 4 rings (SSSR count). The molecule has 0 bridgehead atoms. The molecule has 2 N–H and O–H groups in total. The number of carboxylic acid groups (broad SMARTS) is 1. The summed E-state index contributed by atoms with van der Waals surface area (Å²) >= 11 is 0. The first-order valence-corrected chi connectivity index (χ1v) is 12.2. The van der Waals surface area contributed by atoms with Gasteiger partial charge in [0.05, 0.1) is 18.4 Å². The fourth-order valence-corrected chi connectivity index (χ4v) is 3.94. The predicted molar refractivity (Wildman–Crippen MR) is 142 cm³/mol. The smallest absolute Gasteiger partial charge is 0.411 e. The van der Waals surface area contributed by atoms with Crippen LogP contribution >= 0.6 is 0 Å². The molecule has 3 aromatic carbocycles. The number of amides is 1. The first-order chi connectivity index (χ1) is 19.2. The SMILES string of the molecule is COC(=O)Nc1cccc(COc2ccc(C(=O)CC(CCn3nnc4cc(F)ccc4c3=O)C(=O)O)cc2)c1. The lowest BCUT2D eigenvalue weighted by Gasteiger charge is -2.13. The van der Waals surface area contributed by atoms with Gasteiger partial charge in [0.25, 0.3) is 5.56 Å². The molecule has 11 nitrogen and oxygen atoms in total. The van der Waals surface area contributed by atoms with Crippen LogP contribution in [0.2, 0.25) is 0 Å². The van der Waals surface area contributed by atoms with Gasteiger partial charge < -0.3 is 14.6 Å². The molecule has 0 aliphatic heterocycles. The van der Waals surface area contributed by atoms with Gasteiger partial charge >= 0.3 is 12.1 Å². The van der Waals surface area contributed by atoms with Crippen molar-refractivity contribution in [3.8, 4) is 5.75 Å². The van der Waals surface area contributed by atoms with E-state index in [9.17, 15) is 28.7 Å². The van der Waals surface area contributed by atoms with Crippen molar-refractivity contribution in [3.63, 3.8) is 0 Å². The molecule has 4 aromatic rings. The second kappa shape index (κ2) is 12.6. The van der Waals surface area contributed by atoms with Gasteiger partial charge in [-0.15, -0.1) is 5.10 Å². The average Bonchev–Trinajstić information content (AvgIpc) is 2.95. The average molecular weight is 549 g/mol. The molecular formula is C28H25FN4O7. The molecule has 0 fully saturated rings. The number of aliphatic carboxylic acids is 1. The van der Waals surface area contributed by atoms with E-state index in [0.717, 1.165) is 22.4 Å². The van der Waals surface area contributed by atoms with E-state index in [1.807, 2.05) is 6.07 Å². The number of anilines is 1. The summed E-state index contributed by atoms with van der Waals surface area (Å²) in [6, 6.07) is 16.8. The van der Waals surface area contributed by atoms with Gasteiger partial charge in [-0.1, -0.05) is 17.3 Å². The zero-order valence-corrected chi connectivity index (χ0v) is 21.4. The highest BCUT2D eigenvalue weighted by molar-refractivity contribution is 5.98. The van der Waals surface area contributed by atoms with Crippen LogP contribution in [-0.2, 0) is 22.7 Å². The summed E-state index contributed by atoms with van der Waals surface area (Å²) in [5, 5.41) is 20.0. The minimum Gasteiger partial charge on any atom is -0.489 e. The number of hydrogen-bond donors (Lipinski definition) is 2. The minimum absolute atomic E-state index is 0.0343. The van der Waals surface area contributed by atoms with Crippen LogP contribution in [0.1, 0.15) is 28.8 Å². The van der Waals surface area contributed by atoms with Crippen molar-refractivity contribution in [2.24, 2.45) is 5.92 Å². The van der Waals surface area contributed by atoms with Gasteiger partial charge in [0.1, 0.15) is 23.7 Å². The van der Waals surface area contributed by atoms with E-state index in [2.05, 4.69) is 20.4 Å². The zero-order valence-electron chi connectivity index (χ0n) is 21.4. The number of rotatable bonds is 11. The fourth-order valence-electron chi connectivity index (χ4n) is 3.94. The van der Waals surface area contributed by atoms with Gasteiger partial charge in [0.2, 0.25) is 0 Å². The lowest BCUT2D eigenvalue weighted by Crippen LogP contribution is -2.27. The van der Waals surface area contributed by atoms with Crippen molar-refractivity contribution in [2.45, 2.75) is 26.0 Å². The third-order valence-electron chi connectivity index (χ3n) is 6.10. The molecule has 1 unspecified atom stereocenters.